The van der Waals surface area contributed by atoms with Crippen LogP contribution >= 0.6 is 11.6 Å². The molecular weight excluding hydrogens is 374 g/mol. The molecule has 0 amide bonds. The van der Waals surface area contributed by atoms with Gasteiger partial charge in [0.1, 0.15) is 6.07 Å². The largest absolute Gasteiger partial charge is 0.493 e. The van der Waals surface area contributed by atoms with E-state index in [1.165, 1.54) is 0 Å². The summed E-state index contributed by atoms with van der Waals surface area (Å²) in [6, 6.07) is 17.4. The van der Waals surface area contributed by atoms with Gasteiger partial charge in [0, 0.05) is 39.1 Å². The zero-order valence-corrected chi connectivity index (χ0v) is 16.0. The number of ether oxygens (including phenoxy) is 2. The molecule has 3 aromatic carbocycles. The van der Waals surface area contributed by atoms with Crippen LogP contribution < -0.4 is 14.8 Å². The Labute approximate surface area is 167 Å². The molecule has 0 spiro atoms. The number of nitrogens with one attached hydrogen (secondary N) is 1. The fourth-order valence-electron chi connectivity index (χ4n) is 3.24. The van der Waals surface area contributed by atoms with E-state index in [4.69, 9.17) is 21.1 Å². The molecule has 1 aromatic heterocycles. The third-order valence-corrected chi connectivity index (χ3v) is 4.95. The Kier molecular flexibility index (Phi) is 4.64. The molecule has 0 aliphatic carbocycles. The van der Waals surface area contributed by atoms with E-state index >= 15 is 0 Å². The molecule has 4 aromatic rings. The standard InChI is InChI=1S/C22H16ClN3O2/c1-27-20-9-16-19(10-21(20)28-2)25-12-13(11-24)22(16)26-18-8-7-17(23)14-5-3-4-6-15(14)18/h3-10,12H,1-2H3,(H,25,26). The highest BCUT2D eigenvalue weighted by molar-refractivity contribution is 6.36. The van der Waals surface area contributed by atoms with Crippen molar-refractivity contribution in [1.82, 2.24) is 4.98 Å². The topological polar surface area (TPSA) is 67.2 Å². The highest BCUT2D eigenvalue weighted by Crippen LogP contribution is 2.38. The SMILES string of the molecule is COc1cc2ncc(C#N)c(Nc3ccc(Cl)c4ccccc34)c2cc1OC. The Morgan fingerprint density at radius 3 is 2.39 bits per heavy atom. The van der Waals surface area contributed by atoms with E-state index in [-0.39, 0.29) is 0 Å². The van der Waals surface area contributed by atoms with Gasteiger partial charge in [-0.05, 0) is 18.2 Å². The van der Waals surface area contributed by atoms with Gasteiger partial charge in [0.05, 0.1) is 31.0 Å². The molecule has 0 atom stereocenters. The van der Waals surface area contributed by atoms with E-state index in [1.54, 1.807) is 26.5 Å². The van der Waals surface area contributed by atoms with E-state index in [0.29, 0.717) is 33.3 Å². The van der Waals surface area contributed by atoms with E-state index < -0.39 is 0 Å². The van der Waals surface area contributed by atoms with Gasteiger partial charge in [0.15, 0.2) is 11.5 Å². The third kappa shape index (κ3) is 2.94. The van der Waals surface area contributed by atoms with Crippen LogP contribution in [0.4, 0.5) is 11.4 Å². The van der Waals surface area contributed by atoms with Crippen molar-refractivity contribution < 1.29 is 9.47 Å². The maximum absolute atomic E-state index is 9.63. The number of benzene rings is 3. The number of hydrogen-bond acceptors (Lipinski definition) is 5. The van der Waals surface area contributed by atoms with Crippen molar-refractivity contribution in [3.63, 3.8) is 0 Å². The molecule has 0 fully saturated rings. The summed E-state index contributed by atoms with van der Waals surface area (Å²) in [5, 5.41) is 16.4. The molecule has 4 rings (SSSR count). The smallest absolute Gasteiger partial charge is 0.162 e. The van der Waals surface area contributed by atoms with Crippen LogP contribution in [-0.2, 0) is 0 Å². The number of nitrogens with zero attached hydrogens (tertiary/aromatic N) is 2. The summed E-state index contributed by atoms with van der Waals surface area (Å²) in [5.74, 6) is 1.14. The Morgan fingerprint density at radius 2 is 1.68 bits per heavy atom. The average molecular weight is 390 g/mol. The normalized spacial score (nSPS) is 10.6. The number of hydrogen-bond donors (Lipinski definition) is 1. The maximum Gasteiger partial charge on any atom is 0.162 e. The highest BCUT2D eigenvalue weighted by atomic mass is 35.5. The number of fused-ring (bicyclic) bond motifs is 2. The van der Waals surface area contributed by atoms with Crippen LogP contribution in [-0.4, -0.2) is 19.2 Å². The third-order valence-electron chi connectivity index (χ3n) is 4.62. The summed E-state index contributed by atoms with van der Waals surface area (Å²) in [7, 11) is 3.15. The quantitative estimate of drug-likeness (QED) is 0.486. The summed E-state index contributed by atoms with van der Waals surface area (Å²) in [4.78, 5) is 4.40. The van der Waals surface area contributed by atoms with E-state index in [2.05, 4.69) is 16.4 Å². The molecular formula is C22H16ClN3O2. The van der Waals surface area contributed by atoms with Gasteiger partial charge in [0.2, 0.25) is 0 Å². The van der Waals surface area contributed by atoms with Gasteiger partial charge in [-0.2, -0.15) is 5.26 Å². The Bertz CT molecular complexity index is 1250. The molecule has 0 aliphatic rings. The summed E-state index contributed by atoms with van der Waals surface area (Å²) in [6.07, 6.45) is 1.55. The van der Waals surface area contributed by atoms with Crippen molar-refractivity contribution >= 4 is 44.7 Å². The minimum absolute atomic E-state index is 0.429. The summed E-state index contributed by atoms with van der Waals surface area (Å²) < 4.78 is 10.8. The first kappa shape index (κ1) is 17.9. The van der Waals surface area contributed by atoms with Crippen LogP contribution in [0.5, 0.6) is 11.5 Å². The van der Waals surface area contributed by atoms with Gasteiger partial charge in [0.25, 0.3) is 0 Å². The van der Waals surface area contributed by atoms with Crippen LogP contribution in [0.15, 0.2) is 54.7 Å². The minimum atomic E-state index is 0.429. The predicted octanol–water partition coefficient (Wildman–Crippen LogP) is 5.67. The van der Waals surface area contributed by atoms with Crippen LogP contribution in [0.25, 0.3) is 21.7 Å². The molecule has 6 heteroatoms. The molecule has 0 unspecified atom stereocenters. The number of anilines is 2. The van der Waals surface area contributed by atoms with Crippen molar-refractivity contribution in [2.75, 3.05) is 19.5 Å². The van der Waals surface area contributed by atoms with Crippen LogP contribution in [0.3, 0.4) is 0 Å². The zero-order valence-electron chi connectivity index (χ0n) is 15.3. The van der Waals surface area contributed by atoms with Crippen LogP contribution in [0, 0.1) is 11.3 Å². The number of nitriles is 1. The molecule has 1 N–H and O–H groups in total. The summed E-state index contributed by atoms with van der Waals surface area (Å²) >= 11 is 6.34. The lowest BCUT2D eigenvalue weighted by Gasteiger charge is -2.16. The first-order chi connectivity index (χ1) is 13.7. The fraction of sp³-hybridized carbons (Fsp3) is 0.0909. The number of aromatic nitrogens is 1. The number of pyridine rings is 1. The summed E-state index contributed by atoms with van der Waals surface area (Å²) in [6.45, 7) is 0. The predicted molar refractivity (Wildman–Crippen MR) is 112 cm³/mol. The highest BCUT2D eigenvalue weighted by Gasteiger charge is 2.15. The molecule has 0 aliphatic heterocycles. The number of halogens is 1. The number of methoxy groups -OCH3 is 2. The van der Waals surface area contributed by atoms with Gasteiger partial charge in [-0.3, -0.25) is 4.98 Å². The van der Waals surface area contributed by atoms with Crippen molar-refractivity contribution in [3.05, 3.63) is 65.3 Å². The fourth-order valence-corrected chi connectivity index (χ4v) is 3.47. The van der Waals surface area contributed by atoms with Crippen molar-refractivity contribution in [3.8, 4) is 17.6 Å². The average Bonchev–Trinajstić information content (AvgIpc) is 2.74. The second kappa shape index (κ2) is 7.26. The minimum Gasteiger partial charge on any atom is -0.493 e. The van der Waals surface area contributed by atoms with E-state index in [1.807, 2.05) is 42.5 Å². The monoisotopic (exact) mass is 389 g/mol. The lowest BCUT2D eigenvalue weighted by molar-refractivity contribution is 0.356. The Balaban J connectivity index is 1.96. The van der Waals surface area contributed by atoms with Gasteiger partial charge in [-0.1, -0.05) is 35.9 Å². The van der Waals surface area contributed by atoms with Gasteiger partial charge in [-0.25, -0.2) is 0 Å². The lowest BCUT2D eigenvalue weighted by Crippen LogP contribution is -1.99. The Hall–Kier alpha value is -3.49. The Morgan fingerprint density at radius 1 is 0.964 bits per heavy atom. The molecule has 0 bridgehead atoms. The van der Waals surface area contributed by atoms with Crippen LogP contribution in [0.2, 0.25) is 5.02 Å². The van der Waals surface area contributed by atoms with Crippen LogP contribution in [0.1, 0.15) is 5.56 Å². The number of rotatable bonds is 4. The van der Waals surface area contributed by atoms with E-state index in [0.717, 1.165) is 21.8 Å². The zero-order chi connectivity index (χ0) is 19.7. The lowest BCUT2D eigenvalue weighted by atomic mass is 10.1. The molecule has 0 radical (unpaired) electrons. The molecule has 138 valence electrons. The van der Waals surface area contributed by atoms with E-state index in [9.17, 15) is 5.26 Å². The van der Waals surface area contributed by atoms with Crippen molar-refractivity contribution in [1.29, 1.82) is 5.26 Å². The molecule has 0 saturated carbocycles. The molecule has 1 heterocycles. The molecule has 28 heavy (non-hydrogen) atoms. The van der Waals surface area contributed by atoms with Crippen molar-refractivity contribution in [2.24, 2.45) is 0 Å². The summed E-state index contributed by atoms with van der Waals surface area (Å²) in [5.41, 5.74) is 2.62. The molecule has 0 saturated heterocycles. The first-order valence-electron chi connectivity index (χ1n) is 8.55. The van der Waals surface area contributed by atoms with Gasteiger partial charge < -0.3 is 14.8 Å². The molecule has 5 nitrogen and oxygen atoms in total. The van der Waals surface area contributed by atoms with Crippen molar-refractivity contribution in [2.45, 2.75) is 0 Å². The van der Waals surface area contributed by atoms with Gasteiger partial charge >= 0.3 is 0 Å². The first-order valence-corrected chi connectivity index (χ1v) is 8.93. The second-order valence-corrected chi connectivity index (χ2v) is 6.56. The van der Waals surface area contributed by atoms with Gasteiger partial charge in [-0.15, -0.1) is 0 Å². The maximum atomic E-state index is 9.63. The second-order valence-electron chi connectivity index (χ2n) is 6.15.